The highest BCUT2D eigenvalue weighted by molar-refractivity contribution is 7.22. The van der Waals surface area contributed by atoms with E-state index in [9.17, 15) is 4.79 Å². The number of aromatic nitrogens is 1. The quantitative estimate of drug-likeness (QED) is 0.878. The molecule has 0 saturated heterocycles. The lowest BCUT2D eigenvalue weighted by Crippen LogP contribution is -2.37. The van der Waals surface area contributed by atoms with Crippen molar-refractivity contribution in [2.24, 2.45) is 0 Å². The standard InChI is InChI=1S/C13H17N3O2S/c1-3-9(7-18-2)15-12(17)8-4-5-10-11(6-8)19-13(14)16-10/h4-6,9H,3,7H2,1-2H3,(H2,14,16)(H,15,17). The zero-order valence-corrected chi connectivity index (χ0v) is 11.8. The number of hydrogen-bond acceptors (Lipinski definition) is 5. The van der Waals surface area contributed by atoms with Gasteiger partial charge in [0.2, 0.25) is 0 Å². The highest BCUT2D eigenvalue weighted by atomic mass is 32.1. The molecule has 6 heteroatoms. The summed E-state index contributed by atoms with van der Waals surface area (Å²) >= 11 is 1.38. The Morgan fingerprint density at radius 1 is 1.58 bits per heavy atom. The molecule has 1 aromatic carbocycles. The highest BCUT2D eigenvalue weighted by Crippen LogP contribution is 2.24. The number of carbonyl (C=O) groups excluding carboxylic acids is 1. The number of nitrogens with two attached hydrogens (primary N) is 1. The molecule has 0 bridgehead atoms. The van der Waals surface area contributed by atoms with Crippen LogP contribution >= 0.6 is 11.3 Å². The number of fused-ring (bicyclic) bond motifs is 1. The maximum atomic E-state index is 12.1. The van der Waals surface area contributed by atoms with Crippen molar-refractivity contribution in [3.8, 4) is 0 Å². The summed E-state index contributed by atoms with van der Waals surface area (Å²) in [7, 11) is 1.63. The van der Waals surface area contributed by atoms with Crippen molar-refractivity contribution in [1.29, 1.82) is 0 Å². The van der Waals surface area contributed by atoms with E-state index in [0.717, 1.165) is 16.6 Å². The molecule has 0 aliphatic carbocycles. The molecule has 1 unspecified atom stereocenters. The van der Waals surface area contributed by atoms with Crippen LogP contribution in [0.2, 0.25) is 0 Å². The van der Waals surface area contributed by atoms with Crippen LogP contribution in [0.4, 0.5) is 5.13 Å². The number of nitrogens with zero attached hydrogens (tertiary/aromatic N) is 1. The highest BCUT2D eigenvalue weighted by Gasteiger charge is 2.13. The van der Waals surface area contributed by atoms with Gasteiger partial charge in [-0.05, 0) is 24.6 Å². The molecule has 2 rings (SSSR count). The summed E-state index contributed by atoms with van der Waals surface area (Å²) in [6.45, 7) is 2.52. The van der Waals surface area contributed by atoms with Crippen molar-refractivity contribution in [1.82, 2.24) is 10.3 Å². The number of hydrogen-bond donors (Lipinski definition) is 2. The fraction of sp³-hybridized carbons (Fsp3) is 0.385. The number of rotatable bonds is 5. The van der Waals surface area contributed by atoms with E-state index < -0.39 is 0 Å². The summed E-state index contributed by atoms with van der Waals surface area (Å²) in [5.74, 6) is -0.0993. The first-order valence-corrected chi connectivity index (χ1v) is 6.91. The molecule has 0 saturated carbocycles. The van der Waals surface area contributed by atoms with Crippen LogP contribution in [0.5, 0.6) is 0 Å². The number of anilines is 1. The summed E-state index contributed by atoms with van der Waals surface area (Å²) in [5.41, 5.74) is 7.09. The first kappa shape index (κ1) is 13.8. The third kappa shape index (κ3) is 3.21. The third-order valence-electron chi connectivity index (χ3n) is 2.86. The molecule has 0 aliphatic heterocycles. The van der Waals surface area contributed by atoms with E-state index in [2.05, 4.69) is 10.3 Å². The first-order chi connectivity index (χ1) is 9.13. The van der Waals surface area contributed by atoms with E-state index in [0.29, 0.717) is 17.3 Å². The van der Waals surface area contributed by atoms with Gasteiger partial charge >= 0.3 is 0 Å². The molecular formula is C13H17N3O2S. The van der Waals surface area contributed by atoms with E-state index in [-0.39, 0.29) is 11.9 Å². The number of benzene rings is 1. The van der Waals surface area contributed by atoms with Gasteiger partial charge in [-0.1, -0.05) is 18.3 Å². The van der Waals surface area contributed by atoms with Gasteiger partial charge in [-0.15, -0.1) is 0 Å². The average Bonchev–Trinajstić information content (AvgIpc) is 2.76. The molecule has 1 aromatic heterocycles. The van der Waals surface area contributed by atoms with Crippen LogP contribution in [-0.4, -0.2) is 30.6 Å². The third-order valence-corrected chi connectivity index (χ3v) is 3.71. The minimum absolute atomic E-state index is 0.0275. The number of amides is 1. The van der Waals surface area contributed by atoms with Crippen LogP contribution in [0.25, 0.3) is 10.2 Å². The van der Waals surface area contributed by atoms with Gasteiger partial charge in [-0.2, -0.15) is 0 Å². The van der Waals surface area contributed by atoms with Crippen LogP contribution in [0.3, 0.4) is 0 Å². The molecule has 2 aromatic rings. The van der Waals surface area contributed by atoms with E-state index in [1.807, 2.05) is 19.1 Å². The minimum atomic E-state index is -0.0993. The van der Waals surface area contributed by atoms with Crippen LogP contribution in [0.1, 0.15) is 23.7 Å². The van der Waals surface area contributed by atoms with Gasteiger partial charge in [0, 0.05) is 12.7 Å². The Morgan fingerprint density at radius 3 is 3.05 bits per heavy atom. The summed E-state index contributed by atoms with van der Waals surface area (Å²) in [6, 6.07) is 5.42. The summed E-state index contributed by atoms with van der Waals surface area (Å²) in [6.07, 6.45) is 0.829. The van der Waals surface area contributed by atoms with Gasteiger partial charge < -0.3 is 15.8 Å². The Morgan fingerprint density at radius 2 is 2.37 bits per heavy atom. The van der Waals surface area contributed by atoms with Gasteiger partial charge in [0.25, 0.3) is 5.91 Å². The molecule has 0 spiro atoms. The van der Waals surface area contributed by atoms with Gasteiger partial charge in [-0.25, -0.2) is 4.98 Å². The average molecular weight is 279 g/mol. The SMILES string of the molecule is CCC(COC)NC(=O)c1ccc2nc(N)sc2c1. The predicted molar refractivity (Wildman–Crippen MR) is 77.5 cm³/mol. The maximum Gasteiger partial charge on any atom is 0.251 e. The second-order valence-corrected chi connectivity index (χ2v) is 5.33. The minimum Gasteiger partial charge on any atom is -0.383 e. The largest absolute Gasteiger partial charge is 0.383 e. The van der Waals surface area contributed by atoms with Crippen LogP contribution in [-0.2, 0) is 4.74 Å². The summed E-state index contributed by atoms with van der Waals surface area (Å²) < 4.78 is 5.99. The number of ether oxygens (including phenoxy) is 1. The number of thiazole rings is 1. The molecule has 0 radical (unpaired) electrons. The second-order valence-electron chi connectivity index (χ2n) is 4.27. The number of nitrogens with one attached hydrogen (secondary N) is 1. The summed E-state index contributed by atoms with van der Waals surface area (Å²) in [5, 5.41) is 3.46. The van der Waals surface area contributed by atoms with E-state index >= 15 is 0 Å². The van der Waals surface area contributed by atoms with Crippen molar-refractivity contribution in [2.75, 3.05) is 19.5 Å². The van der Waals surface area contributed by atoms with E-state index in [1.165, 1.54) is 11.3 Å². The van der Waals surface area contributed by atoms with Gasteiger partial charge in [0.05, 0.1) is 22.9 Å². The smallest absolute Gasteiger partial charge is 0.251 e. The number of nitrogen functional groups attached to an aromatic ring is 1. The number of carbonyl (C=O) groups is 1. The van der Waals surface area contributed by atoms with Crippen molar-refractivity contribution in [3.63, 3.8) is 0 Å². The molecule has 3 N–H and O–H groups in total. The van der Waals surface area contributed by atoms with E-state index in [1.54, 1.807) is 13.2 Å². The zero-order valence-electron chi connectivity index (χ0n) is 11.0. The van der Waals surface area contributed by atoms with Gasteiger partial charge in [0.15, 0.2) is 5.13 Å². The Balaban J connectivity index is 2.16. The van der Waals surface area contributed by atoms with Crippen LogP contribution < -0.4 is 11.1 Å². The molecule has 0 aliphatic rings. The fourth-order valence-electron chi connectivity index (χ4n) is 1.82. The monoisotopic (exact) mass is 279 g/mol. The number of methoxy groups -OCH3 is 1. The molecular weight excluding hydrogens is 262 g/mol. The fourth-order valence-corrected chi connectivity index (χ4v) is 2.59. The maximum absolute atomic E-state index is 12.1. The lowest BCUT2D eigenvalue weighted by molar-refractivity contribution is 0.0895. The van der Waals surface area contributed by atoms with Crippen LogP contribution in [0, 0.1) is 0 Å². The lowest BCUT2D eigenvalue weighted by Gasteiger charge is -2.15. The molecule has 1 amide bonds. The van der Waals surface area contributed by atoms with E-state index in [4.69, 9.17) is 10.5 Å². The lowest BCUT2D eigenvalue weighted by atomic mass is 10.1. The van der Waals surface area contributed by atoms with Gasteiger partial charge in [-0.3, -0.25) is 4.79 Å². The Kier molecular flexibility index (Phi) is 4.34. The molecule has 102 valence electrons. The first-order valence-electron chi connectivity index (χ1n) is 6.10. The molecule has 0 fully saturated rings. The van der Waals surface area contributed by atoms with Crippen molar-refractivity contribution in [2.45, 2.75) is 19.4 Å². The Hall–Kier alpha value is -1.66. The van der Waals surface area contributed by atoms with Crippen LogP contribution in [0.15, 0.2) is 18.2 Å². The second kappa shape index (κ2) is 5.99. The normalized spacial score (nSPS) is 12.5. The topological polar surface area (TPSA) is 77.2 Å². The molecule has 1 heterocycles. The molecule has 1 atom stereocenters. The summed E-state index contributed by atoms with van der Waals surface area (Å²) in [4.78, 5) is 16.3. The zero-order chi connectivity index (χ0) is 13.8. The van der Waals surface area contributed by atoms with Crippen molar-refractivity contribution in [3.05, 3.63) is 23.8 Å². The predicted octanol–water partition coefficient (Wildman–Crippen LogP) is 2.03. The van der Waals surface area contributed by atoms with Gasteiger partial charge in [0.1, 0.15) is 0 Å². The van der Waals surface area contributed by atoms with Crippen molar-refractivity contribution < 1.29 is 9.53 Å². The Labute approximate surface area is 115 Å². The Bertz CT molecular complexity index is 582. The van der Waals surface area contributed by atoms with Crippen molar-refractivity contribution >= 4 is 32.6 Å². The molecule has 5 nitrogen and oxygen atoms in total. The molecule has 19 heavy (non-hydrogen) atoms.